The molecule has 7 atom stereocenters. The van der Waals surface area contributed by atoms with Crippen LogP contribution < -0.4 is 26.0 Å². The number of nitrogens with one attached hydrogen (secondary N) is 4. The molecule has 0 spiro atoms. The van der Waals surface area contributed by atoms with Crippen LogP contribution in [0.15, 0.2) is 79.7 Å². The second-order valence-corrected chi connectivity index (χ2v) is 23.1. The first-order valence-electron chi connectivity index (χ1n) is 28.0. The number of amides is 7. The molecule has 19 heteroatoms. The molecule has 0 radical (unpaired) electrons. The van der Waals surface area contributed by atoms with Crippen LogP contribution in [0.25, 0.3) is 21.8 Å². The molecule has 4 heterocycles. The van der Waals surface area contributed by atoms with Gasteiger partial charge in [0.2, 0.25) is 48.2 Å². The summed E-state index contributed by atoms with van der Waals surface area (Å²) in [5, 5.41) is 13.4. The maximum absolute atomic E-state index is 15.6. The van der Waals surface area contributed by atoms with E-state index in [0.717, 1.165) is 42.1 Å². The summed E-state index contributed by atoms with van der Waals surface area (Å²) in [6.07, 6.45) is 13.8. The van der Waals surface area contributed by atoms with Crippen LogP contribution in [0.2, 0.25) is 0 Å². The zero-order chi connectivity index (χ0) is 57.3. The number of nitrogens with zero attached hydrogens (tertiary/aromatic N) is 6. The number of benzene rings is 2. The van der Waals surface area contributed by atoms with Gasteiger partial charge in [-0.2, -0.15) is 4.98 Å². The van der Waals surface area contributed by atoms with Gasteiger partial charge in [0.05, 0.1) is 11.1 Å². The zero-order valence-corrected chi connectivity index (χ0v) is 47.4. The molecule has 3 aliphatic rings. The lowest BCUT2D eigenvalue weighted by atomic mass is 9.95. The average Bonchev–Trinajstić information content (AvgIpc) is 4.16. The second kappa shape index (κ2) is 26.2. The lowest BCUT2D eigenvalue weighted by Gasteiger charge is -2.39. The number of carbonyl (C=O) groups is 7. The van der Waals surface area contributed by atoms with Crippen molar-refractivity contribution in [1.29, 1.82) is 0 Å². The van der Waals surface area contributed by atoms with Crippen LogP contribution in [0.1, 0.15) is 117 Å². The van der Waals surface area contributed by atoms with Crippen LogP contribution in [0.3, 0.4) is 0 Å². The fraction of sp³-hybridized carbons (Fsp3) is 0.550. The number of para-hydroxylation sites is 1. The standard InChI is InChI=1S/C60H81FN10O8/c1-11-60(7,8)71-34-42(43-21-16-17-22-48(43)71)32-47-57(77)69(10)50(27-36(2)3)54(74)64-46(31-40-24-25-41-33-62-59(79-35-61)67-44(41)30-40)52(72)63-38(6)56(76)68(9)49-23-13-12-18-26-70(58(49)78)51(28-37(4)5)55(75)65-45(53(73)66-47)29-39-19-14-15-20-39/h11-13,16-17,21-22,24-25,30,33-34,36-39,45-47,49-51H,1,14-15,18-20,23,26-29,31-32,35H2,2-10H3,(H,63,72)(H,64,74)(H,65,75)(H,66,73)/b13-12-/t38-,45-,46-,47-,49-,50-,51-/m0/s1. The number of fused-ring (bicyclic) bond motifs is 4. The number of alkyl halides is 1. The van der Waals surface area contributed by atoms with Crippen molar-refractivity contribution in [2.75, 3.05) is 27.5 Å². The third-order valence-corrected chi connectivity index (χ3v) is 15.9. The number of aromatic nitrogens is 3. The smallest absolute Gasteiger partial charge is 0.319 e. The number of allylic oxidation sites excluding steroid dienone is 1. The number of likely N-dealkylation sites (N-methyl/N-ethyl adjacent to an activating group) is 2. The molecule has 1 saturated heterocycles. The Labute approximate surface area is 463 Å². The van der Waals surface area contributed by atoms with Gasteiger partial charge >= 0.3 is 6.01 Å². The first kappa shape index (κ1) is 59.5. The van der Waals surface area contributed by atoms with Gasteiger partial charge in [0.15, 0.2) is 0 Å². The summed E-state index contributed by atoms with van der Waals surface area (Å²) in [4.78, 5) is 118. The van der Waals surface area contributed by atoms with Crippen LogP contribution >= 0.6 is 0 Å². The minimum Gasteiger partial charge on any atom is -0.431 e. The number of hydrogen-bond donors (Lipinski definition) is 4. The van der Waals surface area contributed by atoms with E-state index in [-0.39, 0.29) is 62.4 Å². The highest BCUT2D eigenvalue weighted by atomic mass is 19.1. The lowest BCUT2D eigenvalue weighted by Crippen LogP contribution is -2.61. The van der Waals surface area contributed by atoms with E-state index in [1.165, 1.54) is 41.9 Å². The van der Waals surface area contributed by atoms with Gasteiger partial charge in [0.1, 0.15) is 42.3 Å². The van der Waals surface area contributed by atoms with Crippen LogP contribution in [-0.4, -0.2) is 140 Å². The quantitative estimate of drug-likeness (QED) is 0.101. The van der Waals surface area contributed by atoms with E-state index in [2.05, 4.69) is 42.4 Å². The Kier molecular flexibility index (Phi) is 19.7. The average molecular weight is 1090 g/mol. The lowest BCUT2D eigenvalue weighted by molar-refractivity contribution is -0.150. The molecule has 4 aromatic rings. The maximum atomic E-state index is 15.6. The van der Waals surface area contributed by atoms with Gasteiger partial charge in [-0.1, -0.05) is 102 Å². The van der Waals surface area contributed by atoms with Crippen molar-refractivity contribution in [3.8, 4) is 6.01 Å². The topological polar surface area (TPSA) is 217 Å². The molecule has 7 amide bonds. The molecule has 2 aliphatic heterocycles. The molecule has 2 aromatic heterocycles. The van der Waals surface area contributed by atoms with Gasteiger partial charge in [-0.15, -0.1) is 6.58 Å². The van der Waals surface area contributed by atoms with Crippen LogP contribution in [0, 0.1) is 17.8 Å². The van der Waals surface area contributed by atoms with Crippen molar-refractivity contribution in [2.45, 2.75) is 167 Å². The Morgan fingerprint density at radius 3 is 2.14 bits per heavy atom. The summed E-state index contributed by atoms with van der Waals surface area (Å²) in [7, 11) is 3.00. The molecule has 4 N–H and O–H groups in total. The van der Waals surface area contributed by atoms with Crippen LogP contribution in [0.5, 0.6) is 6.01 Å². The Bertz CT molecular complexity index is 2910. The van der Waals surface area contributed by atoms with Gasteiger partial charge in [0, 0.05) is 62.2 Å². The first-order valence-corrected chi connectivity index (χ1v) is 28.0. The molecule has 2 bridgehead atoms. The highest BCUT2D eigenvalue weighted by Crippen LogP contribution is 2.32. The van der Waals surface area contributed by atoms with Crippen molar-refractivity contribution in [1.82, 2.24) is 50.5 Å². The van der Waals surface area contributed by atoms with E-state index < -0.39 is 96.0 Å². The number of carbonyl (C=O) groups excluding carboxylic acids is 7. The summed E-state index contributed by atoms with van der Waals surface area (Å²) < 4.78 is 20.2. The number of ether oxygens (including phenoxy) is 1. The summed E-state index contributed by atoms with van der Waals surface area (Å²) in [6, 6.07) is 4.48. The number of hydrogen-bond acceptors (Lipinski definition) is 10. The van der Waals surface area contributed by atoms with Crippen LogP contribution in [0.4, 0.5) is 4.39 Å². The largest absolute Gasteiger partial charge is 0.431 e. The summed E-state index contributed by atoms with van der Waals surface area (Å²) in [6.45, 7) is 16.4. The predicted molar refractivity (Wildman–Crippen MR) is 301 cm³/mol. The number of halogens is 1. The van der Waals surface area contributed by atoms with Crippen molar-refractivity contribution in [3.63, 3.8) is 0 Å². The Morgan fingerprint density at radius 2 is 1.44 bits per heavy atom. The minimum atomic E-state index is -1.34. The first-order chi connectivity index (χ1) is 37.6. The molecule has 18 nitrogen and oxygen atoms in total. The van der Waals surface area contributed by atoms with Gasteiger partial charge in [-0.3, -0.25) is 33.6 Å². The van der Waals surface area contributed by atoms with Crippen molar-refractivity contribution >= 4 is 63.2 Å². The molecule has 0 unspecified atom stereocenters. The Balaban J connectivity index is 1.36. The van der Waals surface area contributed by atoms with E-state index in [1.54, 1.807) is 18.2 Å². The summed E-state index contributed by atoms with van der Waals surface area (Å²) in [5.74, 6) is -4.27. The Morgan fingerprint density at radius 1 is 0.785 bits per heavy atom. The molecular formula is C60H81FN10O8. The molecular weight excluding hydrogens is 1010 g/mol. The van der Waals surface area contributed by atoms with E-state index >= 15 is 24.0 Å². The highest BCUT2D eigenvalue weighted by molar-refractivity contribution is 5.99. The van der Waals surface area contributed by atoms with Gasteiger partial charge in [0.25, 0.3) is 0 Å². The third-order valence-electron chi connectivity index (χ3n) is 15.9. The van der Waals surface area contributed by atoms with E-state index in [9.17, 15) is 14.0 Å². The van der Waals surface area contributed by atoms with Gasteiger partial charge in [-0.25, -0.2) is 9.37 Å². The summed E-state index contributed by atoms with van der Waals surface area (Å²) >= 11 is 0. The minimum absolute atomic E-state index is 0.00299. The van der Waals surface area contributed by atoms with Crippen LogP contribution in [-0.2, 0) is 51.9 Å². The number of rotatable bonds is 14. The van der Waals surface area contributed by atoms with Crippen molar-refractivity contribution < 1.29 is 42.7 Å². The Hall–Kier alpha value is -7.18. The van der Waals surface area contributed by atoms with Gasteiger partial charge < -0.3 is 45.3 Å². The zero-order valence-electron chi connectivity index (χ0n) is 47.4. The fourth-order valence-electron chi connectivity index (χ4n) is 11.3. The highest BCUT2D eigenvalue weighted by Gasteiger charge is 2.42. The van der Waals surface area contributed by atoms with E-state index in [1.807, 2.05) is 90.2 Å². The van der Waals surface area contributed by atoms with Crippen molar-refractivity contribution in [2.24, 2.45) is 17.8 Å². The normalized spacial score (nSPS) is 24.5. The van der Waals surface area contributed by atoms with E-state index in [0.29, 0.717) is 29.3 Å². The molecule has 79 heavy (non-hydrogen) atoms. The van der Waals surface area contributed by atoms with Crippen molar-refractivity contribution in [3.05, 3.63) is 90.8 Å². The van der Waals surface area contributed by atoms with E-state index in [4.69, 9.17) is 4.74 Å². The molecule has 1 aliphatic carbocycles. The predicted octanol–water partition coefficient (Wildman–Crippen LogP) is 6.44. The monoisotopic (exact) mass is 1090 g/mol. The molecule has 7 rings (SSSR count). The summed E-state index contributed by atoms with van der Waals surface area (Å²) in [5.41, 5.74) is 1.99. The molecule has 2 fully saturated rings. The molecule has 1 saturated carbocycles. The second-order valence-electron chi connectivity index (χ2n) is 23.1. The third kappa shape index (κ3) is 14.4. The maximum Gasteiger partial charge on any atom is 0.319 e. The SMILES string of the molecule is C=CC(C)(C)n1cc(C[C@@H]2NC(=O)[C@H](CC3CCCC3)NC(=O)[C@H](CC(C)C)N3CC/C=C\C[C@@H](C3=O)N(C)C(=O)[C@H](C)NC(=O)[C@H](Cc3ccc4cnc(OCF)nc4c3)NC(=O)[C@H](CC(C)C)N(C)C2=O)c2ccccc21. The molecule has 2 aromatic carbocycles. The van der Waals surface area contributed by atoms with Gasteiger partial charge in [-0.05, 0) is 93.9 Å². The molecule has 426 valence electrons. The fourth-order valence-corrected chi connectivity index (χ4v) is 11.3.